The summed E-state index contributed by atoms with van der Waals surface area (Å²) in [6.45, 7) is 6.61. The molecule has 0 saturated carbocycles. The topological polar surface area (TPSA) is 78.9 Å². The molecule has 0 amide bonds. The molecule has 0 spiro atoms. The molecule has 0 aliphatic heterocycles. The average molecular weight is 1040 g/mol. The maximum absolute atomic E-state index is 12.8. The van der Waals surface area contributed by atoms with Crippen molar-refractivity contribution in [3.05, 3.63) is 24.3 Å². The zero-order chi connectivity index (χ0) is 53.6. The molecule has 0 aromatic heterocycles. The van der Waals surface area contributed by atoms with Gasteiger partial charge in [-0.25, -0.2) is 0 Å². The molecule has 0 rings (SSSR count). The van der Waals surface area contributed by atoms with Gasteiger partial charge in [0, 0.05) is 19.3 Å². The van der Waals surface area contributed by atoms with Crippen LogP contribution in [0.3, 0.4) is 0 Å². The monoisotopic (exact) mass is 1040 g/mol. The Morgan fingerprint density at radius 3 is 0.770 bits per heavy atom. The van der Waals surface area contributed by atoms with E-state index in [1.807, 2.05) is 0 Å². The third-order valence-electron chi connectivity index (χ3n) is 15.2. The summed E-state index contributed by atoms with van der Waals surface area (Å²) < 4.78 is 16.8. The number of carbonyl (C=O) groups excluding carboxylic acids is 3. The Bertz CT molecular complexity index is 1190. The number of rotatable bonds is 62. The van der Waals surface area contributed by atoms with Crippen molar-refractivity contribution in [1.29, 1.82) is 0 Å². The van der Waals surface area contributed by atoms with E-state index in [4.69, 9.17) is 14.2 Å². The first-order valence-corrected chi connectivity index (χ1v) is 33.3. The Balaban J connectivity index is 3.94. The summed E-state index contributed by atoms with van der Waals surface area (Å²) in [6, 6.07) is 0. The second-order valence-electron chi connectivity index (χ2n) is 22.7. The minimum absolute atomic E-state index is 0.0681. The fourth-order valence-corrected chi connectivity index (χ4v) is 10.2. The van der Waals surface area contributed by atoms with Crippen LogP contribution in [0.25, 0.3) is 0 Å². The highest BCUT2D eigenvalue weighted by atomic mass is 16.6. The van der Waals surface area contributed by atoms with Gasteiger partial charge in [0.25, 0.3) is 0 Å². The molecule has 0 aliphatic rings. The van der Waals surface area contributed by atoms with Gasteiger partial charge in [-0.3, -0.25) is 14.4 Å². The lowest BCUT2D eigenvalue weighted by Gasteiger charge is -2.18. The average Bonchev–Trinajstić information content (AvgIpc) is 3.40. The first-order chi connectivity index (χ1) is 36.5. The molecule has 0 saturated heterocycles. The van der Waals surface area contributed by atoms with E-state index >= 15 is 0 Å². The summed E-state index contributed by atoms with van der Waals surface area (Å²) in [5.41, 5.74) is 0. The van der Waals surface area contributed by atoms with Gasteiger partial charge in [0.2, 0.25) is 0 Å². The Kier molecular flexibility index (Phi) is 61.6. The van der Waals surface area contributed by atoms with Crippen molar-refractivity contribution in [2.75, 3.05) is 13.2 Å². The molecule has 0 N–H and O–H groups in total. The Morgan fingerprint density at radius 1 is 0.270 bits per heavy atom. The highest BCUT2D eigenvalue weighted by molar-refractivity contribution is 5.71. The summed E-state index contributed by atoms with van der Waals surface area (Å²) in [7, 11) is 0. The van der Waals surface area contributed by atoms with E-state index in [1.165, 1.54) is 270 Å². The van der Waals surface area contributed by atoms with E-state index < -0.39 is 6.10 Å². The first-order valence-electron chi connectivity index (χ1n) is 33.3. The highest BCUT2D eigenvalue weighted by Gasteiger charge is 2.19. The molecule has 74 heavy (non-hydrogen) atoms. The van der Waals surface area contributed by atoms with Crippen molar-refractivity contribution in [2.24, 2.45) is 0 Å². The first kappa shape index (κ1) is 71.9. The normalized spacial score (nSPS) is 12.1. The minimum Gasteiger partial charge on any atom is -0.462 e. The van der Waals surface area contributed by atoms with Crippen LogP contribution in [0.1, 0.15) is 374 Å². The molecular weight excluding hydrogens is 913 g/mol. The Hall–Kier alpha value is -2.11. The Morgan fingerprint density at radius 2 is 0.486 bits per heavy atom. The van der Waals surface area contributed by atoms with Crippen molar-refractivity contribution in [2.45, 2.75) is 380 Å². The summed E-state index contributed by atoms with van der Waals surface area (Å²) >= 11 is 0. The molecule has 0 bridgehead atoms. The van der Waals surface area contributed by atoms with Gasteiger partial charge < -0.3 is 14.2 Å². The third-order valence-corrected chi connectivity index (χ3v) is 15.2. The Labute approximate surface area is 462 Å². The van der Waals surface area contributed by atoms with Crippen LogP contribution >= 0.6 is 0 Å². The van der Waals surface area contributed by atoms with Crippen molar-refractivity contribution < 1.29 is 28.6 Å². The second kappa shape index (κ2) is 63.4. The van der Waals surface area contributed by atoms with E-state index in [1.54, 1.807) is 0 Å². The van der Waals surface area contributed by atoms with Gasteiger partial charge in [0.1, 0.15) is 13.2 Å². The highest BCUT2D eigenvalue weighted by Crippen LogP contribution is 2.18. The van der Waals surface area contributed by atoms with E-state index in [-0.39, 0.29) is 31.1 Å². The number of carbonyl (C=O) groups is 3. The number of allylic oxidation sites excluding steroid dienone is 4. The van der Waals surface area contributed by atoms with E-state index in [0.717, 1.165) is 64.2 Å². The molecule has 1 unspecified atom stereocenters. The van der Waals surface area contributed by atoms with Gasteiger partial charge in [-0.1, -0.05) is 328 Å². The van der Waals surface area contributed by atoms with Crippen LogP contribution in [0, 0.1) is 0 Å². The lowest BCUT2D eigenvalue weighted by molar-refractivity contribution is -0.167. The van der Waals surface area contributed by atoms with E-state index in [0.29, 0.717) is 19.3 Å². The molecule has 436 valence electrons. The van der Waals surface area contributed by atoms with Crippen molar-refractivity contribution in [3.63, 3.8) is 0 Å². The maximum Gasteiger partial charge on any atom is 0.306 e. The molecule has 0 heterocycles. The predicted molar refractivity (Wildman–Crippen MR) is 321 cm³/mol. The van der Waals surface area contributed by atoms with Crippen LogP contribution in [-0.4, -0.2) is 37.2 Å². The van der Waals surface area contributed by atoms with Crippen molar-refractivity contribution >= 4 is 17.9 Å². The van der Waals surface area contributed by atoms with Gasteiger partial charge >= 0.3 is 17.9 Å². The van der Waals surface area contributed by atoms with Crippen molar-refractivity contribution in [3.8, 4) is 0 Å². The number of hydrogen-bond acceptors (Lipinski definition) is 6. The van der Waals surface area contributed by atoms with Gasteiger partial charge in [-0.05, 0) is 51.4 Å². The van der Waals surface area contributed by atoms with Crippen molar-refractivity contribution in [1.82, 2.24) is 0 Å². The molecule has 0 aromatic carbocycles. The summed E-state index contributed by atoms with van der Waals surface area (Å²) in [4.78, 5) is 38.0. The molecule has 0 aromatic rings. The second-order valence-corrected chi connectivity index (χ2v) is 22.7. The summed E-state index contributed by atoms with van der Waals surface area (Å²) in [6.07, 6.45) is 76.8. The minimum atomic E-state index is -0.768. The molecule has 6 heteroatoms. The quantitative estimate of drug-likeness (QED) is 0.0261. The fourth-order valence-electron chi connectivity index (χ4n) is 10.2. The summed E-state index contributed by atoms with van der Waals surface area (Å²) in [5.74, 6) is -0.859. The van der Waals surface area contributed by atoms with Crippen LogP contribution < -0.4 is 0 Å². The number of hydrogen-bond donors (Lipinski definition) is 0. The van der Waals surface area contributed by atoms with Gasteiger partial charge in [-0.15, -0.1) is 0 Å². The smallest absolute Gasteiger partial charge is 0.306 e. The zero-order valence-corrected chi connectivity index (χ0v) is 50.1. The molecule has 0 aliphatic carbocycles. The number of unbranched alkanes of at least 4 members (excludes halogenated alkanes) is 47. The fraction of sp³-hybridized carbons (Fsp3) is 0.897. The number of ether oxygens (including phenoxy) is 3. The van der Waals surface area contributed by atoms with Crippen LogP contribution in [-0.2, 0) is 28.6 Å². The molecule has 1 atom stereocenters. The standard InChI is InChI=1S/C68H128O6/c1-4-7-10-13-16-18-20-22-24-26-28-29-30-31-32-33-34-35-36-37-38-39-41-42-44-46-48-50-52-55-58-61-67(70)73-64-65(63-72-66(69)60-57-54-15-12-9-6-3)74-68(71)62-59-56-53-51-49-47-45-43-40-27-25-23-21-19-17-14-11-8-5-2/h17,19,23,25,65H,4-16,18,20-22,24,26-64H2,1-3H3/b19-17-,25-23-. The van der Waals surface area contributed by atoms with Gasteiger partial charge in [-0.2, -0.15) is 0 Å². The van der Waals surface area contributed by atoms with Crippen LogP contribution in [0.5, 0.6) is 0 Å². The lowest BCUT2D eigenvalue weighted by Crippen LogP contribution is -2.30. The van der Waals surface area contributed by atoms with Crippen LogP contribution in [0.4, 0.5) is 0 Å². The van der Waals surface area contributed by atoms with Gasteiger partial charge in [0.05, 0.1) is 0 Å². The van der Waals surface area contributed by atoms with E-state index in [2.05, 4.69) is 45.1 Å². The largest absolute Gasteiger partial charge is 0.462 e. The van der Waals surface area contributed by atoms with Crippen LogP contribution in [0.15, 0.2) is 24.3 Å². The maximum atomic E-state index is 12.8. The SMILES string of the molecule is CCCCC/C=C\C/C=C\CCCCCCCCCCCC(=O)OC(COC(=O)CCCCCCCC)COC(=O)CCCCCCCCCCCCCCCCCCCCCCCCCCCCCCCCC. The third kappa shape index (κ3) is 60.8. The molecule has 0 fully saturated rings. The summed E-state index contributed by atoms with van der Waals surface area (Å²) in [5, 5.41) is 0. The molecule has 6 nitrogen and oxygen atoms in total. The molecular formula is C68H128O6. The predicted octanol–water partition coefficient (Wildman–Crippen LogP) is 22.6. The zero-order valence-electron chi connectivity index (χ0n) is 50.1. The van der Waals surface area contributed by atoms with E-state index in [9.17, 15) is 14.4 Å². The molecule has 0 radical (unpaired) electrons. The van der Waals surface area contributed by atoms with Gasteiger partial charge in [0.15, 0.2) is 6.10 Å². The lowest BCUT2D eigenvalue weighted by atomic mass is 10.0. The number of esters is 3. The van der Waals surface area contributed by atoms with Crippen LogP contribution in [0.2, 0.25) is 0 Å².